The zero-order valence-electron chi connectivity index (χ0n) is 10.5. The Morgan fingerprint density at radius 2 is 1.89 bits per heavy atom. The van der Waals surface area contributed by atoms with Crippen LogP contribution in [-0.2, 0) is 11.3 Å². The first kappa shape index (κ1) is 12.3. The second-order valence-corrected chi connectivity index (χ2v) is 5.64. The van der Waals surface area contributed by atoms with E-state index < -0.39 is 0 Å². The van der Waals surface area contributed by atoms with Gasteiger partial charge in [0, 0.05) is 39.3 Å². The van der Waals surface area contributed by atoms with Crippen LogP contribution in [0.15, 0.2) is 0 Å². The maximum atomic E-state index is 5.35. The number of aromatic nitrogens is 2. The summed E-state index contributed by atoms with van der Waals surface area (Å²) in [5, 5.41) is 14.1. The number of nitrogens with one attached hydrogen (secondary N) is 1. The van der Waals surface area contributed by atoms with Gasteiger partial charge >= 0.3 is 0 Å². The maximum absolute atomic E-state index is 5.35. The summed E-state index contributed by atoms with van der Waals surface area (Å²) in [5.41, 5.74) is 0. The molecule has 3 heterocycles. The van der Waals surface area contributed by atoms with Gasteiger partial charge in [0.25, 0.3) is 0 Å². The molecule has 1 aromatic rings. The molecule has 0 radical (unpaired) electrons. The molecule has 0 bridgehead atoms. The second-order valence-electron chi connectivity index (χ2n) is 4.60. The van der Waals surface area contributed by atoms with Crippen molar-refractivity contribution in [3.8, 4) is 0 Å². The van der Waals surface area contributed by atoms with Crippen LogP contribution < -0.4 is 10.2 Å². The van der Waals surface area contributed by atoms with Crippen molar-refractivity contribution in [3.63, 3.8) is 0 Å². The zero-order chi connectivity index (χ0) is 12.2. The summed E-state index contributed by atoms with van der Waals surface area (Å²) in [4.78, 5) is 4.70. The average Bonchev–Trinajstić information content (AvgIpc) is 2.89. The molecule has 1 aromatic heterocycles. The predicted molar refractivity (Wildman–Crippen MR) is 71.1 cm³/mol. The summed E-state index contributed by atoms with van der Waals surface area (Å²) in [7, 11) is 0. The van der Waals surface area contributed by atoms with Gasteiger partial charge in [-0.3, -0.25) is 4.90 Å². The monoisotopic (exact) mass is 269 g/mol. The predicted octanol–water partition coefficient (Wildman–Crippen LogP) is -0.220. The summed E-state index contributed by atoms with van der Waals surface area (Å²) < 4.78 is 5.35. The number of anilines is 1. The van der Waals surface area contributed by atoms with Crippen LogP contribution in [0.1, 0.15) is 5.01 Å². The van der Waals surface area contributed by atoms with Crippen LogP contribution in [-0.4, -0.2) is 67.6 Å². The van der Waals surface area contributed by atoms with E-state index in [9.17, 15) is 0 Å². The van der Waals surface area contributed by atoms with Gasteiger partial charge < -0.3 is 15.0 Å². The normalized spacial score (nSPS) is 22.3. The van der Waals surface area contributed by atoms with Gasteiger partial charge in [0.15, 0.2) is 0 Å². The van der Waals surface area contributed by atoms with Crippen molar-refractivity contribution in [2.24, 2.45) is 0 Å². The number of hydrogen-bond acceptors (Lipinski definition) is 7. The number of hydrogen-bond donors (Lipinski definition) is 1. The lowest BCUT2D eigenvalue weighted by Crippen LogP contribution is -2.42. The topological polar surface area (TPSA) is 53.5 Å². The van der Waals surface area contributed by atoms with E-state index >= 15 is 0 Å². The highest BCUT2D eigenvalue weighted by atomic mass is 32.1. The summed E-state index contributed by atoms with van der Waals surface area (Å²) >= 11 is 1.72. The molecule has 0 saturated carbocycles. The Kier molecular flexibility index (Phi) is 4.04. The number of nitrogens with zero attached hydrogens (tertiary/aromatic N) is 4. The van der Waals surface area contributed by atoms with Crippen LogP contribution >= 0.6 is 11.3 Å². The van der Waals surface area contributed by atoms with E-state index in [-0.39, 0.29) is 0 Å². The van der Waals surface area contributed by atoms with E-state index in [2.05, 4.69) is 25.3 Å². The molecule has 0 spiro atoms. The lowest BCUT2D eigenvalue weighted by atomic mass is 10.4. The van der Waals surface area contributed by atoms with Crippen molar-refractivity contribution in [2.45, 2.75) is 6.54 Å². The van der Waals surface area contributed by atoms with E-state index in [0.717, 1.165) is 69.2 Å². The second kappa shape index (κ2) is 5.92. The quantitative estimate of drug-likeness (QED) is 0.819. The van der Waals surface area contributed by atoms with Crippen molar-refractivity contribution >= 4 is 16.5 Å². The Bertz CT molecular complexity index is 373. The largest absolute Gasteiger partial charge is 0.378 e. The molecular weight excluding hydrogens is 250 g/mol. The van der Waals surface area contributed by atoms with Crippen molar-refractivity contribution in [1.29, 1.82) is 0 Å². The van der Waals surface area contributed by atoms with E-state index in [0.29, 0.717) is 0 Å². The van der Waals surface area contributed by atoms with Gasteiger partial charge in [0.2, 0.25) is 5.13 Å². The highest BCUT2D eigenvalue weighted by Gasteiger charge is 2.17. The molecular formula is C11H19N5OS. The van der Waals surface area contributed by atoms with Gasteiger partial charge in [-0.25, -0.2) is 0 Å². The Labute approximate surface area is 111 Å². The van der Waals surface area contributed by atoms with Gasteiger partial charge in [-0.15, -0.1) is 10.2 Å². The molecule has 0 aliphatic carbocycles. The Morgan fingerprint density at radius 1 is 1.11 bits per heavy atom. The molecule has 7 heteroatoms. The summed E-state index contributed by atoms with van der Waals surface area (Å²) in [6.07, 6.45) is 0. The minimum absolute atomic E-state index is 0.798. The summed E-state index contributed by atoms with van der Waals surface area (Å²) in [6, 6.07) is 0. The van der Waals surface area contributed by atoms with Crippen molar-refractivity contribution < 1.29 is 4.74 Å². The molecule has 2 saturated heterocycles. The van der Waals surface area contributed by atoms with Crippen molar-refractivity contribution in [3.05, 3.63) is 5.01 Å². The first-order chi connectivity index (χ1) is 8.92. The van der Waals surface area contributed by atoms with Crippen LogP contribution in [0.25, 0.3) is 0 Å². The minimum Gasteiger partial charge on any atom is -0.378 e. The minimum atomic E-state index is 0.798. The number of morpholine rings is 1. The first-order valence-corrected chi connectivity index (χ1v) is 7.31. The molecule has 0 atom stereocenters. The Balaban J connectivity index is 1.58. The smallest absolute Gasteiger partial charge is 0.208 e. The van der Waals surface area contributed by atoms with Gasteiger partial charge in [-0.1, -0.05) is 11.3 Å². The maximum Gasteiger partial charge on any atom is 0.208 e. The highest BCUT2D eigenvalue weighted by Crippen LogP contribution is 2.22. The molecule has 100 valence electrons. The summed E-state index contributed by atoms with van der Waals surface area (Å²) in [6.45, 7) is 8.76. The summed E-state index contributed by atoms with van der Waals surface area (Å²) in [5.74, 6) is 0. The third kappa shape index (κ3) is 2.97. The molecule has 0 unspecified atom stereocenters. The van der Waals surface area contributed by atoms with Crippen molar-refractivity contribution in [2.75, 3.05) is 57.4 Å². The molecule has 0 aromatic carbocycles. The fourth-order valence-corrected chi connectivity index (χ4v) is 3.18. The lowest BCUT2D eigenvalue weighted by molar-refractivity contribution is 0.122. The fourth-order valence-electron chi connectivity index (χ4n) is 2.25. The SMILES string of the molecule is C1CN(Cc2nnc(N3CCOCC3)s2)CCN1. The standard InChI is InChI=1S/C11H19N5OS/c1-3-15(4-2-12-1)9-10-13-14-11(18-10)16-5-7-17-8-6-16/h12H,1-9H2. The Hall–Kier alpha value is -0.760. The molecule has 2 fully saturated rings. The van der Waals surface area contributed by atoms with E-state index in [1.807, 2.05) is 0 Å². The van der Waals surface area contributed by atoms with Crippen molar-refractivity contribution in [1.82, 2.24) is 20.4 Å². The van der Waals surface area contributed by atoms with Crippen LogP contribution in [0.3, 0.4) is 0 Å². The van der Waals surface area contributed by atoms with Gasteiger partial charge in [-0.2, -0.15) is 0 Å². The van der Waals surface area contributed by atoms with Gasteiger partial charge in [0.05, 0.1) is 19.8 Å². The average molecular weight is 269 g/mol. The molecule has 0 amide bonds. The van der Waals surface area contributed by atoms with E-state index in [1.54, 1.807) is 11.3 Å². The third-order valence-corrected chi connectivity index (χ3v) is 4.28. The first-order valence-electron chi connectivity index (χ1n) is 6.50. The molecule has 3 rings (SSSR count). The number of rotatable bonds is 3. The molecule has 2 aliphatic heterocycles. The fraction of sp³-hybridized carbons (Fsp3) is 0.818. The number of piperazine rings is 1. The third-order valence-electron chi connectivity index (χ3n) is 3.31. The van der Waals surface area contributed by atoms with Gasteiger partial charge in [-0.05, 0) is 0 Å². The van der Waals surface area contributed by atoms with Gasteiger partial charge in [0.1, 0.15) is 5.01 Å². The van der Waals surface area contributed by atoms with E-state index in [4.69, 9.17) is 4.74 Å². The van der Waals surface area contributed by atoms with E-state index in [1.165, 1.54) is 0 Å². The molecule has 18 heavy (non-hydrogen) atoms. The molecule has 6 nitrogen and oxygen atoms in total. The lowest BCUT2D eigenvalue weighted by Gasteiger charge is -2.26. The highest BCUT2D eigenvalue weighted by molar-refractivity contribution is 7.15. The molecule has 1 N–H and O–H groups in total. The zero-order valence-corrected chi connectivity index (χ0v) is 11.3. The van der Waals surface area contributed by atoms with Crippen LogP contribution in [0.4, 0.5) is 5.13 Å². The van der Waals surface area contributed by atoms with Crippen LogP contribution in [0, 0.1) is 0 Å². The molecule has 2 aliphatic rings. The van der Waals surface area contributed by atoms with Crippen LogP contribution in [0.5, 0.6) is 0 Å². The Morgan fingerprint density at radius 3 is 2.67 bits per heavy atom. The van der Waals surface area contributed by atoms with Crippen LogP contribution in [0.2, 0.25) is 0 Å². The number of ether oxygens (including phenoxy) is 1.